The number of nitrogens with zero attached hydrogens (tertiary/aromatic N) is 2. The first-order chi connectivity index (χ1) is 11.3. The predicted molar refractivity (Wildman–Crippen MR) is 87.3 cm³/mol. The van der Waals surface area contributed by atoms with E-state index < -0.39 is 6.03 Å². The number of carbonyl (C=O) groups is 1. The van der Waals surface area contributed by atoms with Crippen LogP contribution in [0.3, 0.4) is 0 Å². The van der Waals surface area contributed by atoms with E-state index in [9.17, 15) is 10.0 Å². The third kappa shape index (κ3) is 3.63. The van der Waals surface area contributed by atoms with E-state index in [0.29, 0.717) is 11.4 Å². The number of para-hydroxylation sites is 2. The molecule has 1 fully saturated rings. The second kappa shape index (κ2) is 7.15. The van der Waals surface area contributed by atoms with Crippen molar-refractivity contribution in [1.82, 2.24) is 5.06 Å². The Balaban J connectivity index is 1.83. The molecule has 1 saturated carbocycles. The molecule has 1 N–H and O–H groups in total. The average Bonchev–Trinajstić information content (AvgIpc) is 3.15. The molecule has 2 amide bonds. The van der Waals surface area contributed by atoms with Gasteiger partial charge in [-0.1, -0.05) is 49.2 Å². The summed E-state index contributed by atoms with van der Waals surface area (Å²) in [6.45, 7) is 0. The average molecular weight is 312 g/mol. The third-order valence-corrected chi connectivity index (χ3v) is 3.97. The number of urea groups is 1. The van der Waals surface area contributed by atoms with Crippen molar-refractivity contribution in [3.63, 3.8) is 0 Å². The van der Waals surface area contributed by atoms with Gasteiger partial charge in [0.05, 0.1) is 11.7 Å². The molecule has 5 heteroatoms. The highest BCUT2D eigenvalue weighted by molar-refractivity contribution is 5.89. The molecule has 0 bridgehead atoms. The highest BCUT2D eigenvalue weighted by Crippen LogP contribution is 2.25. The molecule has 0 unspecified atom stereocenters. The van der Waals surface area contributed by atoms with Crippen molar-refractivity contribution in [3.05, 3.63) is 60.7 Å². The number of hydroxylamine groups is 3. The van der Waals surface area contributed by atoms with E-state index in [1.807, 2.05) is 36.4 Å². The molecular weight excluding hydrogens is 292 g/mol. The van der Waals surface area contributed by atoms with Gasteiger partial charge in [-0.05, 0) is 37.1 Å². The Morgan fingerprint density at radius 1 is 0.957 bits per heavy atom. The Bertz CT molecular complexity index is 627. The molecule has 0 spiro atoms. The van der Waals surface area contributed by atoms with Gasteiger partial charge in [0, 0.05) is 0 Å². The van der Waals surface area contributed by atoms with Crippen molar-refractivity contribution in [3.8, 4) is 5.75 Å². The Morgan fingerprint density at radius 2 is 1.52 bits per heavy atom. The van der Waals surface area contributed by atoms with Crippen molar-refractivity contribution in [2.24, 2.45) is 0 Å². The van der Waals surface area contributed by atoms with Gasteiger partial charge in [0.25, 0.3) is 0 Å². The second-order valence-electron chi connectivity index (χ2n) is 5.60. The molecule has 0 atom stereocenters. The zero-order valence-electron chi connectivity index (χ0n) is 12.8. The molecule has 5 nitrogen and oxygen atoms in total. The van der Waals surface area contributed by atoms with Crippen LogP contribution in [-0.2, 0) is 0 Å². The minimum Gasteiger partial charge on any atom is -0.370 e. The van der Waals surface area contributed by atoms with Crippen LogP contribution in [0.2, 0.25) is 0 Å². The fourth-order valence-electron chi connectivity index (χ4n) is 2.75. The van der Waals surface area contributed by atoms with Gasteiger partial charge in [0.15, 0.2) is 5.75 Å². The first-order valence-corrected chi connectivity index (χ1v) is 7.86. The van der Waals surface area contributed by atoms with Crippen molar-refractivity contribution >= 4 is 11.7 Å². The summed E-state index contributed by atoms with van der Waals surface area (Å²) >= 11 is 0. The maximum atomic E-state index is 12.7. The van der Waals surface area contributed by atoms with Gasteiger partial charge < -0.3 is 4.84 Å². The minimum absolute atomic E-state index is 0.145. The fraction of sp³-hybridized carbons (Fsp3) is 0.278. The quantitative estimate of drug-likeness (QED) is 0.678. The fourth-order valence-corrected chi connectivity index (χ4v) is 2.75. The smallest absolute Gasteiger partial charge is 0.370 e. The number of anilines is 1. The van der Waals surface area contributed by atoms with Crippen LogP contribution in [0.1, 0.15) is 25.7 Å². The summed E-state index contributed by atoms with van der Waals surface area (Å²) in [5, 5.41) is 12.2. The molecule has 120 valence electrons. The maximum absolute atomic E-state index is 12.7. The van der Waals surface area contributed by atoms with E-state index in [4.69, 9.17) is 4.84 Å². The van der Waals surface area contributed by atoms with Crippen LogP contribution in [0.4, 0.5) is 10.5 Å². The lowest BCUT2D eigenvalue weighted by atomic mass is 10.2. The molecule has 3 rings (SSSR count). The van der Waals surface area contributed by atoms with E-state index in [-0.39, 0.29) is 6.04 Å². The molecule has 0 aliphatic heterocycles. The molecule has 1 aliphatic rings. The summed E-state index contributed by atoms with van der Waals surface area (Å²) in [5.74, 6) is 0.532. The van der Waals surface area contributed by atoms with Crippen LogP contribution < -0.4 is 9.90 Å². The molecule has 2 aromatic carbocycles. The van der Waals surface area contributed by atoms with Crippen LogP contribution >= 0.6 is 0 Å². The number of hydrogen-bond donors (Lipinski definition) is 1. The summed E-state index contributed by atoms with van der Waals surface area (Å²) in [5.41, 5.74) is 0.568. The maximum Gasteiger partial charge on any atom is 0.381 e. The largest absolute Gasteiger partial charge is 0.381 e. The highest BCUT2D eigenvalue weighted by Gasteiger charge is 2.31. The van der Waals surface area contributed by atoms with Crippen LogP contribution in [0.25, 0.3) is 0 Å². The Hall–Kier alpha value is -2.53. The Morgan fingerprint density at radius 3 is 2.13 bits per heavy atom. The first-order valence-electron chi connectivity index (χ1n) is 7.86. The molecule has 0 aromatic heterocycles. The normalized spacial score (nSPS) is 14.5. The number of amides is 2. The molecule has 0 saturated heterocycles. The van der Waals surface area contributed by atoms with Gasteiger partial charge in [-0.2, -0.15) is 0 Å². The Kier molecular flexibility index (Phi) is 4.78. The van der Waals surface area contributed by atoms with Gasteiger partial charge in [-0.3, -0.25) is 5.21 Å². The van der Waals surface area contributed by atoms with Crippen molar-refractivity contribution in [2.75, 3.05) is 5.06 Å². The number of carbonyl (C=O) groups excluding carboxylic acids is 1. The minimum atomic E-state index is -0.577. The zero-order valence-corrected chi connectivity index (χ0v) is 12.8. The van der Waals surface area contributed by atoms with E-state index in [2.05, 4.69) is 0 Å². The van der Waals surface area contributed by atoms with E-state index >= 15 is 0 Å². The number of benzene rings is 2. The SMILES string of the molecule is O=C(N(Oc1ccccc1)c1ccccc1)N(O)C1CCCC1. The van der Waals surface area contributed by atoms with E-state index in [0.717, 1.165) is 35.8 Å². The summed E-state index contributed by atoms with van der Waals surface area (Å²) in [7, 11) is 0. The monoisotopic (exact) mass is 312 g/mol. The van der Waals surface area contributed by atoms with Crippen molar-refractivity contribution < 1.29 is 14.8 Å². The summed E-state index contributed by atoms with van der Waals surface area (Å²) in [6, 6.07) is 17.4. The van der Waals surface area contributed by atoms with Crippen molar-refractivity contribution in [2.45, 2.75) is 31.7 Å². The molecule has 2 aromatic rings. The van der Waals surface area contributed by atoms with Crippen LogP contribution in [-0.4, -0.2) is 22.3 Å². The molecule has 0 heterocycles. The summed E-state index contributed by atoms with van der Waals surface area (Å²) < 4.78 is 0. The topological polar surface area (TPSA) is 53.0 Å². The molecular formula is C18H20N2O3. The van der Waals surface area contributed by atoms with E-state index in [1.165, 1.54) is 0 Å². The summed E-state index contributed by atoms with van der Waals surface area (Å²) in [4.78, 5) is 18.4. The lowest BCUT2D eigenvalue weighted by Gasteiger charge is -2.29. The van der Waals surface area contributed by atoms with Crippen LogP contribution in [0, 0.1) is 0 Å². The summed E-state index contributed by atoms with van der Waals surface area (Å²) in [6.07, 6.45) is 3.69. The highest BCUT2D eigenvalue weighted by atomic mass is 16.7. The number of rotatable bonds is 4. The lowest BCUT2D eigenvalue weighted by molar-refractivity contribution is -0.0781. The standard InChI is InChI=1S/C18H20N2O3/c21-18(19(22)15-9-7-8-10-15)20(16-11-3-1-4-12-16)23-17-13-5-2-6-14-17/h1-6,11-15,22H,7-10H2. The Labute approximate surface area is 135 Å². The number of hydrogen-bond acceptors (Lipinski definition) is 3. The second-order valence-corrected chi connectivity index (χ2v) is 5.60. The third-order valence-electron chi connectivity index (χ3n) is 3.97. The van der Waals surface area contributed by atoms with Crippen LogP contribution in [0.5, 0.6) is 5.75 Å². The van der Waals surface area contributed by atoms with Gasteiger partial charge in [-0.15, -0.1) is 5.06 Å². The van der Waals surface area contributed by atoms with Gasteiger partial charge >= 0.3 is 6.03 Å². The van der Waals surface area contributed by atoms with Crippen LogP contribution in [0.15, 0.2) is 60.7 Å². The van der Waals surface area contributed by atoms with Gasteiger partial charge in [0.1, 0.15) is 0 Å². The molecule has 0 radical (unpaired) electrons. The predicted octanol–water partition coefficient (Wildman–Crippen LogP) is 4.24. The van der Waals surface area contributed by atoms with Gasteiger partial charge in [-0.25, -0.2) is 9.86 Å². The molecule has 1 aliphatic carbocycles. The first kappa shape index (κ1) is 15.4. The molecule has 23 heavy (non-hydrogen) atoms. The zero-order chi connectivity index (χ0) is 16.1. The lowest BCUT2D eigenvalue weighted by Crippen LogP contribution is -2.47. The van der Waals surface area contributed by atoms with E-state index in [1.54, 1.807) is 24.3 Å². The van der Waals surface area contributed by atoms with Crippen molar-refractivity contribution in [1.29, 1.82) is 0 Å². The van der Waals surface area contributed by atoms with Gasteiger partial charge in [0.2, 0.25) is 0 Å².